The number of likely N-dealkylation sites (tertiary alicyclic amines) is 1. The molecule has 0 aliphatic carbocycles. The van der Waals surface area contributed by atoms with Crippen LogP contribution in [-0.2, 0) is 4.79 Å². The SMILES string of the molecule is CCN1CCN(C(=O)CC2CCN(CCN)CC2)CC1.Cl.Cl. The minimum Gasteiger partial charge on any atom is -0.340 e. The van der Waals surface area contributed by atoms with E-state index in [1.165, 1.54) is 0 Å². The largest absolute Gasteiger partial charge is 0.340 e. The third-order valence-corrected chi connectivity index (χ3v) is 4.79. The van der Waals surface area contributed by atoms with Gasteiger partial charge in [-0.25, -0.2) is 0 Å². The molecule has 0 atom stereocenters. The molecule has 0 saturated carbocycles. The molecule has 0 spiro atoms. The zero-order chi connectivity index (χ0) is 14.4. The van der Waals surface area contributed by atoms with Crippen LogP contribution < -0.4 is 5.73 Å². The average molecular weight is 355 g/mol. The van der Waals surface area contributed by atoms with Crippen molar-refractivity contribution in [2.45, 2.75) is 26.2 Å². The van der Waals surface area contributed by atoms with Crippen LogP contribution in [0.1, 0.15) is 26.2 Å². The van der Waals surface area contributed by atoms with Gasteiger partial charge in [0.05, 0.1) is 0 Å². The molecule has 132 valence electrons. The van der Waals surface area contributed by atoms with Crippen molar-refractivity contribution in [1.82, 2.24) is 14.7 Å². The highest BCUT2D eigenvalue weighted by Crippen LogP contribution is 2.21. The smallest absolute Gasteiger partial charge is 0.222 e. The van der Waals surface area contributed by atoms with Gasteiger partial charge in [-0.3, -0.25) is 4.79 Å². The fourth-order valence-corrected chi connectivity index (χ4v) is 3.29. The van der Waals surface area contributed by atoms with Crippen LogP contribution in [0.5, 0.6) is 0 Å². The van der Waals surface area contributed by atoms with Crippen molar-refractivity contribution >= 4 is 30.7 Å². The summed E-state index contributed by atoms with van der Waals surface area (Å²) in [7, 11) is 0. The Morgan fingerprint density at radius 2 is 1.59 bits per heavy atom. The molecule has 0 aromatic carbocycles. The Hall–Kier alpha value is -0.0700. The number of likely N-dealkylation sites (N-methyl/N-ethyl adjacent to an activating group) is 1. The number of amides is 1. The predicted octanol–water partition coefficient (Wildman–Crippen LogP) is 1.05. The molecular weight excluding hydrogens is 323 g/mol. The molecule has 2 aliphatic rings. The normalized spacial score (nSPS) is 21.1. The van der Waals surface area contributed by atoms with Crippen molar-refractivity contribution in [3.63, 3.8) is 0 Å². The van der Waals surface area contributed by atoms with Crippen LogP contribution in [0.2, 0.25) is 0 Å². The van der Waals surface area contributed by atoms with Crippen molar-refractivity contribution < 1.29 is 4.79 Å². The first-order valence-electron chi connectivity index (χ1n) is 8.15. The third-order valence-electron chi connectivity index (χ3n) is 4.79. The number of hydrogen-bond acceptors (Lipinski definition) is 4. The summed E-state index contributed by atoms with van der Waals surface area (Å²) in [5, 5.41) is 0. The van der Waals surface area contributed by atoms with E-state index in [9.17, 15) is 4.79 Å². The second-order valence-corrected chi connectivity index (χ2v) is 6.09. The number of piperazine rings is 1. The van der Waals surface area contributed by atoms with Crippen molar-refractivity contribution in [2.24, 2.45) is 11.7 Å². The first-order valence-corrected chi connectivity index (χ1v) is 8.15. The zero-order valence-corrected chi connectivity index (χ0v) is 15.3. The summed E-state index contributed by atoms with van der Waals surface area (Å²) >= 11 is 0. The fraction of sp³-hybridized carbons (Fsp3) is 0.933. The molecule has 22 heavy (non-hydrogen) atoms. The topological polar surface area (TPSA) is 52.8 Å². The molecule has 2 rings (SSSR count). The molecule has 1 amide bonds. The molecule has 2 fully saturated rings. The maximum absolute atomic E-state index is 12.3. The Labute approximate surface area is 147 Å². The first-order chi connectivity index (χ1) is 9.72. The summed E-state index contributed by atoms with van der Waals surface area (Å²) in [5.41, 5.74) is 5.59. The quantitative estimate of drug-likeness (QED) is 0.801. The second-order valence-electron chi connectivity index (χ2n) is 6.09. The Kier molecular flexibility index (Phi) is 11.4. The number of nitrogens with zero attached hydrogens (tertiary/aromatic N) is 3. The van der Waals surface area contributed by atoms with E-state index in [0.29, 0.717) is 11.8 Å². The number of piperidine rings is 1. The highest BCUT2D eigenvalue weighted by Gasteiger charge is 2.25. The monoisotopic (exact) mass is 354 g/mol. The summed E-state index contributed by atoms with van der Waals surface area (Å²) in [6.45, 7) is 11.2. The van der Waals surface area contributed by atoms with Crippen LogP contribution in [0.25, 0.3) is 0 Å². The van der Waals surface area contributed by atoms with E-state index >= 15 is 0 Å². The van der Waals surface area contributed by atoms with Gasteiger partial charge in [0.15, 0.2) is 0 Å². The highest BCUT2D eigenvalue weighted by atomic mass is 35.5. The van der Waals surface area contributed by atoms with Gasteiger partial charge in [0.1, 0.15) is 0 Å². The third kappa shape index (κ3) is 6.59. The van der Waals surface area contributed by atoms with Crippen LogP contribution >= 0.6 is 24.8 Å². The number of halogens is 2. The Balaban J connectivity index is 0.00000220. The lowest BCUT2D eigenvalue weighted by atomic mass is 9.93. The predicted molar refractivity (Wildman–Crippen MR) is 96.0 cm³/mol. The van der Waals surface area contributed by atoms with Crippen LogP contribution in [-0.4, -0.2) is 79.5 Å². The number of carbonyl (C=O) groups is 1. The van der Waals surface area contributed by atoms with Crippen LogP contribution in [0, 0.1) is 5.92 Å². The molecule has 2 saturated heterocycles. The maximum atomic E-state index is 12.3. The summed E-state index contributed by atoms with van der Waals surface area (Å²) in [4.78, 5) is 19.2. The maximum Gasteiger partial charge on any atom is 0.222 e. The van der Waals surface area contributed by atoms with E-state index in [-0.39, 0.29) is 24.8 Å². The van der Waals surface area contributed by atoms with E-state index in [4.69, 9.17) is 5.73 Å². The van der Waals surface area contributed by atoms with Crippen molar-refractivity contribution in [1.29, 1.82) is 0 Å². The summed E-state index contributed by atoms with van der Waals surface area (Å²) in [6, 6.07) is 0. The molecule has 0 aromatic rings. The summed E-state index contributed by atoms with van der Waals surface area (Å²) in [5.74, 6) is 0.957. The van der Waals surface area contributed by atoms with Gasteiger partial charge >= 0.3 is 0 Å². The van der Waals surface area contributed by atoms with Gasteiger partial charge < -0.3 is 20.4 Å². The van der Waals surface area contributed by atoms with Gasteiger partial charge in [0, 0.05) is 45.7 Å². The minimum absolute atomic E-state index is 0. The van der Waals surface area contributed by atoms with E-state index in [1.807, 2.05) is 0 Å². The molecule has 0 unspecified atom stereocenters. The van der Waals surface area contributed by atoms with Gasteiger partial charge in [0.2, 0.25) is 5.91 Å². The van der Waals surface area contributed by atoms with Gasteiger partial charge in [-0.2, -0.15) is 0 Å². The summed E-state index contributed by atoms with van der Waals surface area (Å²) in [6.07, 6.45) is 3.06. The Morgan fingerprint density at radius 1 is 1.00 bits per heavy atom. The molecule has 2 aliphatic heterocycles. The highest BCUT2D eigenvalue weighted by molar-refractivity contribution is 5.85. The first kappa shape index (κ1) is 21.9. The Morgan fingerprint density at radius 3 is 2.09 bits per heavy atom. The van der Waals surface area contributed by atoms with E-state index < -0.39 is 0 Å². The molecular formula is C15H32Cl2N4O. The standard InChI is InChI=1S/C15H30N4O.2ClH/c1-2-17-9-11-19(12-10-17)15(20)13-14-3-6-18(7-4-14)8-5-16;;/h14H,2-13,16H2,1H3;2*1H. The second kappa shape index (κ2) is 11.5. The number of nitrogens with two attached hydrogens (primary N) is 1. The van der Waals surface area contributed by atoms with Crippen molar-refractivity contribution in [3.8, 4) is 0 Å². The Bertz CT molecular complexity index is 304. The van der Waals surface area contributed by atoms with Crippen molar-refractivity contribution in [2.75, 3.05) is 58.9 Å². The van der Waals surface area contributed by atoms with Gasteiger partial charge in [0.25, 0.3) is 0 Å². The average Bonchev–Trinajstić information content (AvgIpc) is 2.49. The number of hydrogen-bond donors (Lipinski definition) is 1. The molecule has 0 bridgehead atoms. The van der Waals surface area contributed by atoms with Crippen LogP contribution in [0.4, 0.5) is 0 Å². The van der Waals surface area contributed by atoms with E-state index in [2.05, 4.69) is 21.6 Å². The van der Waals surface area contributed by atoms with Gasteiger partial charge in [-0.1, -0.05) is 6.92 Å². The molecule has 7 heteroatoms. The van der Waals surface area contributed by atoms with E-state index in [0.717, 1.165) is 78.2 Å². The number of rotatable bonds is 5. The minimum atomic E-state index is 0. The lowest BCUT2D eigenvalue weighted by molar-refractivity contribution is -0.134. The summed E-state index contributed by atoms with van der Waals surface area (Å²) < 4.78 is 0. The molecule has 0 aromatic heterocycles. The van der Waals surface area contributed by atoms with Gasteiger partial charge in [-0.15, -0.1) is 24.8 Å². The molecule has 2 heterocycles. The molecule has 5 nitrogen and oxygen atoms in total. The fourth-order valence-electron chi connectivity index (χ4n) is 3.29. The van der Waals surface area contributed by atoms with Crippen LogP contribution in [0.3, 0.4) is 0 Å². The molecule has 2 N–H and O–H groups in total. The number of carbonyl (C=O) groups excluding carboxylic acids is 1. The van der Waals surface area contributed by atoms with Crippen LogP contribution in [0.15, 0.2) is 0 Å². The van der Waals surface area contributed by atoms with E-state index in [1.54, 1.807) is 0 Å². The lowest BCUT2D eigenvalue weighted by Gasteiger charge is -2.36. The lowest BCUT2D eigenvalue weighted by Crippen LogP contribution is -2.49. The molecule has 0 radical (unpaired) electrons. The zero-order valence-electron chi connectivity index (χ0n) is 13.7. The van der Waals surface area contributed by atoms with Gasteiger partial charge in [-0.05, 0) is 38.4 Å². The van der Waals surface area contributed by atoms with Crippen molar-refractivity contribution in [3.05, 3.63) is 0 Å².